The fraction of sp³-hybridized carbons (Fsp3) is 0.938. The molecule has 20 heavy (non-hydrogen) atoms. The van der Waals surface area contributed by atoms with Crippen LogP contribution in [-0.2, 0) is 4.79 Å². The topological polar surface area (TPSA) is 52.6 Å². The van der Waals surface area contributed by atoms with Gasteiger partial charge in [0.05, 0.1) is 6.04 Å². The van der Waals surface area contributed by atoms with Crippen LogP contribution in [0, 0.1) is 5.41 Å². The van der Waals surface area contributed by atoms with E-state index in [2.05, 4.69) is 26.1 Å². The molecule has 0 radical (unpaired) electrons. The summed E-state index contributed by atoms with van der Waals surface area (Å²) >= 11 is 0. The Labute approximate surface area is 123 Å². The lowest BCUT2D eigenvalue weighted by molar-refractivity contribution is -0.133. The second-order valence-corrected chi connectivity index (χ2v) is 7.06. The van der Waals surface area contributed by atoms with Gasteiger partial charge in [-0.2, -0.15) is 0 Å². The zero-order chi connectivity index (χ0) is 15.2. The largest absolute Gasteiger partial charge is 0.396 e. The van der Waals surface area contributed by atoms with Crippen LogP contribution in [0.15, 0.2) is 0 Å². The van der Waals surface area contributed by atoms with Crippen molar-refractivity contribution in [3.8, 4) is 0 Å². The molecule has 1 heterocycles. The van der Waals surface area contributed by atoms with E-state index in [9.17, 15) is 9.90 Å². The average molecular weight is 284 g/mol. The van der Waals surface area contributed by atoms with Crippen molar-refractivity contribution >= 4 is 5.91 Å². The first-order chi connectivity index (χ1) is 9.36. The molecule has 0 aromatic carbocycles. The predicted octanol–water partition coefficient (Wildman–Crippen LogP) is 2.16. The van der Waals surface area contributed by atoms with Crippen molar-refractivity contribution in [2.24, 2.45) is 5.41 Å². The number of nitrogens with one attached hydrogen (secondary N) is 1. The van der Waals surface area contributed by atoms with Crippen LogP contribution in [0.2, 0.25) is 0 Å². The number of likely N-dealkylation sites (tertiary alicyclic amines) is 1. The minimum Gasteiger partial charge on any atom is -0.396 e. The molecule has 2 N–H and O–H groups in total. The molecule has 4 nitrogen and oxygen atoms in total. The normalized spacial score (nSPS) is 20.4. The van der Waals surface area contributed by atoms with Crippen molar-refractivity contribution in [3.05, 3.63) is 0 Å². The van der Waals surface area contributed by atoms with Gasteiger partial charge in [-0.3, -0.25) is 4.79 Å². The van der Waals surface area contributed by atoms with Crippen molar-refractivity contribution in [2.75, 3.05) is 19.7 Å². The Bertz CT molecular complexity index is 291. The molecule has 0 aliphatic carbocycles. The monoisotopic (exact) mass is 284 g/mol. The molecule has 118 valence electrons. The summed E-state index contributed by atoms with van der Waals surface area (Å²) in [5.74, 6) is 0.207. The molecule has 1 saturated heterocycles. The Kier molecular flexibility index (Phi) is 6.96. The number of nitrogens with zero attached hydrogens (tertiary/aromatic N) is 1. The molecule has 0 saturated carbocycles. The van der Waals surface area contributed by atoms with Gasteiger partial charge in [-0.05, 0) is 31.6 Å². The summed E-state index contributed by atoms with van der Waals surface area (Å²) in [6.45, 7) is 10.3. The molecule has 0 spiro atoms. The standard InChI is InChI=1S/C16H32N2O2/c1-13(17-14(9-12-19)16(2,3)4)15(20)18-10-7-5-6-8-11-18/h13-14,17,19H,5-12H2,1-4H3. The second kappa shape index (κ2) is 7.99. The molecule has 1 aliphatic heterocycles. The molecular formula is C16H32N2O2. The SMILES string of the molecule is CC(NC(CCO)C(C)(C)C)C(=O)N1CCCCCC1. The summed E-state index contributed by atoms with van der Waals surface area (Å²) in [4.78, 5) is 14.5. The fourth-order valence-electron chi connectivity index (χ4n) is 2.83. The molecular weight excluding hydrogens is 252 g/mol. The van der Waals surface area contributed by atoms with E-state index in [-0.39, 0.29) is 30.0 Å². The number of carbonyl (C=O) groups excluding carboxylic acids is 1. The van der Waals surface area contributed by atoms with E-state index in [0.717, 1.165) is 25.9 Å². The third kappa shape index (κ3) is 5.41. The van der Waals surface area contributed by atoms with Crippen LogP contribution in [0.5, 0.6) is 0 Å². The Hall–Kier alpha value is -0.610. The van der Waals surface area contributed by atoms with Gasteiger partial charge in [0.15, 0.2) is 0 Å². The van der Waals surface area contributed by atoms with Crippen molar-refractivity contribution in [3.63, 3.8) is 0 Å². The van der Waals surface area contributed by atoms with E-state index in [1.807, 2.05) is 11.8 Å². The lowest BCUT2D eigenvalue weighted by Gasteiger charge is -2.35. The molecule has 1 rings (SSSR count). The number of rotatable bonds is 5. The molecule has 0 aromatic heterocycles. The van der Waals surface area contributed by atoms with Gasteiger partial charge >= 0.3 is 0 Å². The Morgan fingerprint density at radius 2 is 1.75 bits per heavy atom. The fourth-order valence-corrected chi connectivity index (χ4v) is 2.83. The maximum Gasteiger partial charge on any atom is 0.239 e. The summed E-state index contributed by atoms with van der Waals surface area (Å²) in [6.07, 6.45) is 5.40. The summed E-state index contributed by atoms with van der Waals surface area (Å²) in [5, 5.41) is 12.6. The van der Waals surface area contributed by atoms with E-state index < -0.39 is 0 Å². The minimum atomic E-state index is -0.177. The van der Waals surface area contributed by atoms with Crippen LogP contribution in [-0.4, -0.2) is 47.7 Å². The highest BCUT2D eigenvalue weighted by Gasteiger charge is 2.29. The van der Waals surface area contributed by atoms with Gasteiger partial charge in [-0.25, -0.2) is 0 Å². The van der Waals surface area contributed by atoms with Gasteiger partial charge in [-0.1, -0.05) is 33.6 Å². The lowest BCUT2D eigenvalue weighted by Crippen LogP contribution is -2.52. The second-order valence-electron chi connectivity index (χ2n) is 7.06. The van der Waals surface area contributed by atoms with Crippen LogP contribution < -0.4 is 5.32 Å². The van der Waals surface area contributed by atoms with Gasteiger partial charge < -0.3 is 15.3 Å². The maximum atomic E-state index is 12.5. The molecule has 0 bridgehead atoms. The first-order valence-electron chi connectivity index (χ1n) is 8.02. The minimum absolute atomic E-state index is 0.0378. The van der Waals surface area contributed by atoms with Crippen LogP contribution in [0.25, 0.3) is 0 Å². The number of hydrogen-bond donors (Lipinski definition) is 2. The molecule has 0 aromatic rings. The van der Waals surface area contributed by atoms with Crippen molar-refractivity contribution in [2.45, 2.75) is 71.9 Å². The zero-order valence-corrected chi connectivity index (χ0v) is 13.6. The van der Waals surface area contributed by atoms with Crippen molar-refractivity contribution in [1.82, 2.24) is 10.2 Å². The van der Waals surface area contributed by atoms with E-state index in [4.69, 9.17) is 0 Å². The maximum absolute atomic E-state index is 12.5. The van der Waals surface area contributed by atoms with Crippen molar-refractivity contribution < 1.29 is 9.90 Å². The van der Waals surface area contributed by atoms with Gasteiger partial charge in [0.25, 0.3) is 0 Å². The summed E-state index contributed by atoms with van der Waals surface area (Å²) in [7, 11) is 0. The lowest BCUT2D eigenvalue weighted by atomic mass is 9.84. The van der Waals surface area contributed by atoms with E-state index >= 15 is 0 Å². The highest BCUT2D eigenvalue weighted by Crippen LogP contribution is 2.22. The number of aliphatic hydroxyl groups is 1. The molecule has 1 aliphatic rings. The Morgan fingerprint density at radius 3 is 2.20 bits per heavy atom. The Balaban J connectivity index is 2.58. The number of amides is 1. The van der Waals surface area contributed by atoms with Gasteiger partial charge in [0.1, 0.15) is 0 Å². The zero-order valence-electron chi connectivity index (χ0n) is 13.6. The first kappa shape index (κ1) is 17.4. The number of aliphatic hydroxyl groups excluding tert-OH is 1. The highest BCUT2D eigenvalue weighted by atomic mass is 16.3. The molecule has 1 amide bonds. The molecule has 1 fully saturated rings. The third-order valence-corrected chi connectivity index (χ3v) is 4.20. The summed E-state index contributed by atoms with van der Waals surface area (Å²) < 4.78 is 0. The van der Waals surface area contributed by atoms with E-state index in [0.29, 0.717) is 6.42 Å². The van der Waals surface area contributed by atoms with Gasteiger partial charge in [-0.15, -0.1) is 0 Å². The Morgan fingerprint density at radius 1 is 1.20 bits per heavy atom. The van der Waals surface area contributed by atoms with Crippen LogP contribution in [0.3, 0.4) is 0 Å². The number of hydrogen-bond acceptors (Lipinski definition) is 3. The first-order valence-corrected chi connectivity index (χ1v) is 8.02. The number of carbonyl (C=O) groups is 1. The van der Waals surface area contributed by atoms with Crippen molar-refractivity contribution in [1.29, 1.82) is 0 Å². The quantitative estimate of drug-likeness (QED) is 0.813. The van der Waals surface area contributed by atoms with Crippen LogP contribution in [0.4, 0.5) is 0 Å². The predicted molar refractivity (Wildman–Crippen MR) is 82.6 cm³/mol. The van der Waals surface area contributed by atoms with Crippen LogP contribution in [0.1, 0.15) is 59.8 Å². The third-order valence-electron chi connectivity index (χ3n) is 4.20. The van der Waals surface area contributed by atoms with E-state index in [1.54, 1.807) is 0 Å². The van der Waals surface area contributed by atoms with Gasteiger partial charge in [0, 0.05) is 25.7 Å². The highest BCUT2D eigenvalue weighted by molar-refractivity contribution is 5.81. The molecule has 2 unspecified atom stereocenters. The summed E-state index contributed by atoms with van der Waals surface area (Å²) in [5.41, 5.74) is 0.0378. The molecule has 2 atom stereocenters. The van der Waals surface area contributed by atoms with Gasteiger partial charge in [0.2, 0.25) is 5.91 Å². The average Bonchev–Trinajstić information content (AvgIpc) is 2.64. The van der Waals surface area contributed by atoms with E-state index in [1.165, 1.54) is 12.8 Å². The van der Waals surface area contributed by atoms with Crippen LogP contribution >= 0.6 is 0 Å². The smallest absolute Gasteiger partial charge is 0.239 e. The molecule has 4 heteroatoms. The summed E-state index contributed by atoms with van der Waals surface area (Å²) in [6, 6.07) is -0.0256.